The number of benzene rings is 1. The number of rotatable bonds is 7. The fourth-order valence-electron chi connectivity index (χ4n) is 3.74. The number of pyridine rings is 1. The molecule has 31 heavy (non-hydrogen) atoms. The summed E-state index contributed by atoms with van der Waals surface area (Å²) in [6, 6.07) is 9.05. The largest absolute Gasteiger partial charge is 0.489 e. The summed E-state index contributed by atoms with van der Waals surface area (Å²) < 4.78 is 22.1. The maximum atomic E-state index is 13.1. The highest BCUT2D eigenvalue weighted by Gasteiger charge is 2.35. The summed E-state index contributed by atoms with van der Waals surface area (Å²) in [6.45, 7) is 2.96. The molecule has 0 aliphatic carbocycles. The minimum atomic E-state index is -0.680. The first-order chi connectivity index (χ1) is 15.0. The molecular formula is C23H26N2O6. The summed E-state index contributed by atoms with van der Waals surface area (Å²) in [5, 5.41) is 13.6. The van der Waals surface area contributed by atoms with Gasteiger partial charge < -0.3 is 29.1 Å². The number of aliphatic hydroxyl groups excluding tert-OH is 1. The summed E-state index contributed by atoms with van der Waals surface area (Å²) in [6.07, 6.45) is 2.82. The second-order valence-corrected chi connectivity index (χ2v) is 7.69. The lowest BCUT2D eigenvalue weighted by Gasteiger charge is -2.36. The Morgan fingerprint density at radius 3 is 2.74 bits per heavy atom. The highest BCUT2D eigenvalue weighted by atomic mass is 16.5. The zero-order chi connectivity index (χ0) is 21.8. The normalized spacial score (nSPS) is 15.6. The first-order valence-corrected chi connectivity index (χ1v) is 10.2. The van der Waals surface area contributed by atoms with Crippen molar-refractivity contribution in [2.24, 2.45) is 0 Å². The predicted octanol–water partition coefficient (Wildman–Crippen LogP) is 3.00. The summed E-state index contributed by atoms with van der Waals surface area (Å²) >= 11 is 0. The lowest BCUT2D eigenvalue weighted by Crippen LogP contribution is -2.54. The molecular weight excluding hydrogens is 400 g/mol. The third kappa shape index (κ3) is 4.50. The Kier molecular flexibility index (Phi) is 6.11. The maximum Gasteiger partial charge on any atom is 0.255 e. The minimum Gasteiger partial charge on any atom is -0.489 e. The van der Waals surface area contributed by atoms with Crippen LogP contribution in [0.15, 0.2) is 40.9 Å². The van der Waals surface area contributed by atoms with Crippen LogP contribution in [0.3, 0.4) is 0 Å². The van der Waals surface area contributed by atoms with Crippen LogP contribution in [0.4, 0.5) is 0 Å². The minimum absolute atomic E-state index is 0.138. The number of aromatic nitrogens is 1. The van der Waals surface area contributed by atoms with Gasteiger partial charge in [-0.2, -0.15) is 0 Å². The number of hydrogen-bond acceptors (Lipinski definition) is 7. The molecule has 164 valence electrons. The third-order valence-corrected chi connectivity index (χ3v) is 5.61. The van der Waals surface area contributed by atoms with Crippen molar-refractivity contribution in [3.05, 3.63) is 53.4 Å². The number of nitrogens with zero attached hydrogens (tertiary/aromatic N) is 1. The molecule has 1 aliphatic rings. The van der Waals surface area contributed by atoms with Crippen molar-refractivity contribution in [1.82, 2.24) is 10.3 Å². The maximum absolute atomic E-state index is 13.1. The van der Waals surface area contributed by atoms with E-state index in [1.165, 1.54) is 0 Å². The Labute approximate surface area is 180 Å². The molecule has 1 saturated heterocycles. The van der Waals surface area contributed by atoms with E-state index in [1.54, 1.807) is 44.5 Å². The second kappa shape index (κ2) is 8.95. The highest BCUT2D eigenvalue weighted by Crippen LogP contribution is 2.30. The topological polar surface area (TPSA) is 103 Å². The van der Waals surface area contributed by atoms with Crippen LogP contribution in [-0.4, -0.2) is 48.5 Å². The zero-order valence-electron chi connectivity index (χ0n) is 17.6. The lowest BCUT2D eigenvalue weighted by molar-refractivity contribution is 0.0125. The Hall–Kier alpha value is -3.10. The molecule has 1 aliphatic heterocycles. The van der Waals surface area contributed by atoms with Crippen molar-refractivity contribution in [3.63, 3.8) is 0 Å². The fraction of sp³-hybridized carbons (Fsp3) is 0.391. The molecule has 0 atom stereocenters. The summed E-state index contributed by atoms with van der Waals surface area (Å²) in [4.78, 5) is 17.3. The van der Waals surface area contributed by atoms with Crippen LogP contribution in [0.1, 0.15) is 34.5 Å². The van der Waals surface area contributed by atoms with E-state index in [4.69, 9.17) is 18.6 Å². The molecule has 4 rings (SSSR count). The molecule has 0 spiro atoms. The van der Waals surface area contributed by atoms with Gasteiger partial charge >= 0.3 is 0 Å². The Morgan fingerprint density at radius 2 is 2.06 bits per heavy atom. The third-order valence-electron chi connectivity index (χ3n) is 5.61. The average molecular weight is 426 g/mol. The molecule has 8 heteroatoms. The van der Waals surface area contributed by atoms with Crippen LogP contribution in [-0.2, 0) is 11.3 Å². The monoisotopic (exact) mass is 426 g/mol. The Bertz CT molecular complexity index is 1050. The molecule has 2 aromatic heterocycles. The number of fused-ring (bicyclic) bond motifs is 1. The molecule has 3 heterocycles. The smallest absolute Gasteiger partial charge is 0.255 e. The van der Waals surface area contributed by atoms with Crippen LogP contribution >= 0.6 is 0 Å². The standard InChI is InChI=1S/C23H26N2O6/c1-15-21(22(27)25-23(14-26)7-9-29-10-8-23)18-11-17(4-5-19(18)31-15)30-13-16-3-6-20(28-2)24-12-16/h3-6,11-12,26H,7-10,13-14H2,1-2H3,(H,25,27). The van der Waals surface area contributed by atoms with Gasteiger partial charge in [-0.25, -0.2) is 4.98 Å². The van der Waals surface area contributed by atoms with Crippen LogP contribution in [0.5, 0.6) is 11.6 Å². The van der Waals surface area contributed by atoms with E-state index in [-0.39, 0.29) is 12.5 Å². The van der Waals surface area contributed by atoms with Gasteiger partial charge in [-0.05, 0) is 44.0 Å². The summed E-state index contributed by atoms with van der Waals surface area (Å²) in [7, 11) is 1.57. The molecule has 8 nitrogen and oxygen atoms in total. The number of aliphatic hydroxyl groups is 1. The van der Waals surface area contributed by atoms with E-state index in [0.717, 1.165) is 5.56 Å². The quantitative estimate of drug-likeness (QED) is 0.599. The average Bonchev–Trinajstić information content (AvgIpc) is 3.13. The van der Waals surface area contributed by atoms with Gasteiger partial charge in [0.05, 0.1) is 24.8 Å². The fourth-order valence-corrected chi connectivity index (χ4v) is 3.74. The second-order valence-electron chi connectivity index (χ2n) is 7.69. The molecule has 0 unspecified atom stereocenters. The van der Waals surface area contributed by atoms with Crippen LogP contribution in [0, 0.1) is 6.92 Å². The molecule has 1 fully saturated rings. The van der Waals surface area contributed by atoms with Gasteiger partial charge in [-0.1, -0.05) is 0 Å². The predicted molar refractivity (Wildman–Crippen MR) is 113 cm³/mol. The van der Waals surface area contributed by atoms with Gasteiger partial charge in [0.2, 0.25) is 5.88 Å². The number of methoxy groups -OCH3 is 1. The van der Waals surface area contributed by atoms with Gasteiger partial charge in [0.25, 0.3) is 5.91 Å². The van der Waals surface area contributed by atoms with Crippen LogP contribution in [0.2, 0.25) is 0 Å². The molecule has 1 aromatic carbocycles. The number of aryl methyl sites for hydroxylation is 1. The van der Waals surface area contributed by atoms with Crippen molar-refractivity contribution in [2.75, 3.05) is 26.9 Å². The van der Waals surface area contributed by atoms with Crippen molar-refractivity contribution in [3.8, 4) is 11.6 Å². The van der Waals surface area contributed by atoms with Gasteiger partial charge in [-0.3, -0.25) is 4.79 Å². The Morgan fingerprint density at radius 1 is 1.26 bits per heavy atom. The van der Waals surface area contributed by atoms with Crippen molar-refractivity contribution in [1.29, 1.82) is 0 Å². The number of nitrogens with one attached hydrogen (secondary N) is 1. The van der Waals surface area contributed by atoms with Gasteiger partial charge in [0.1, 0.15) is 23.7 Å². The first kappa shape index (κ1) is 21.1. The van der Waals surface area contributed by atoms with Crippen molar-refractivity contribution >= 4 is 16.9 Å². The molecule has 3 aromatic rings. The summed E-state index contributed by atoms with van der Waals surface area (Å²) in [5.41, 5.74) is 1.27. The Balaban J connectivity index is 1.54. The van der Waals surface area contributed by atoms with E-state index >= 15 is 0 Å². The van der Waals surface area contributed by atoms with E-state index < -0.39 is 5.54 Å². The number of hydrogen-bond donors (Lipinski definition) is 2. The van der Waals surface area contributed by atoms with E-state index in [1.807, 2.05) is 6.07 Å². The molecule has 0 radical (unpaired) electrons. The van der Waals surface area contributed by atoms with Crippen molar-refractivity contribution < 1.29 is 28.5 Å². The SMILES string of the molecule is COc1ccc(COc2ccc3oc(C)c(C(=O)NC4(CO)CCOCC4)c3c2)cn1. The number of amides is 1. The molecule has 1 amide bonds. The van der Waals surface area contributed by atoms with E-state index in [0.29, 0.717) is 66.6 Å². The van der Waals surface area contributed by atoms with E-state index in [9.17, 15) is 9.90 Å². The number of carbonyl (C=O) groups is 1. The van der Waals surface area contributed by atoms with Crippen molar-refractivity contribution in [2.45, 2.75) is 31.9 Å². The first-order valence-electron chi connectivity index (χ1n) is 10.2. The summed E-state index contributed by atoms with van der Waals surface area (Å²) in [5.74, 6) is 1.40. The van der Waals surface area contributed by atoms with E-state index in [2.05, 4.69) is 10.3 Å². The van der Waals surface area contributed by atoms with Gasteiger partial charge in [0, 0.05) is 36.4 Å². The zero-order valence-corrected chi connectivity index (χ0v) is 17.6. The van der Waals surface area contributed by atoms with Crippen LogP contribution in [0.25, 0.3) is 11.0 Å². The molecule has 0 saturated carbocycles. The number of ether oxygens (including phenoxy) is 3. The lowest BCUT2D eigenvalue weighted by atomic mass is 9.90. The molecule has 0 bridgehead atoms. The van der Waals surface area contributed by atoms with Gasteiger partial charge in [-0.15, -0.1) is 0 Å². The van der Waals surface area contributed by atoms with Crippen LogP contribution < -0.4 is 14.8 Å². The molecule has 2 N–H and O–H groups in total. The number of furan rings is 1. The number of carbonyl (C=O) groups excluding carboxylic acids is 1. The highest BCUT2D eigenvalue weighted by molar-refractivity contribution is 6.07. The van der Waals surface area contributed by atoms with Gasteiger partial charge in [0.15, 0.2) is 0 Å².